The van der Waals surface area contributed by atoms with Gasteiger partial charge in [0.25, 0.3) is 5.91 Å². The van der Waals surface area contributed by atoms with Crippen molar-refractivity contribution >= 4 is 22.9 Å². The fourth-order valence-corrected chi connectivity index (χ4v) is 3.70. The Labute approximate surface area is 163 Å². The van der Waals surface area contributed by atoms with E-state index in [2.05, 4.69) is 4.98 Å². The third kappa shape index (κ3) is 3.38. The minimum Gasteiger partial charge on any atom is -0.449 e. The highest BCUT2D eigenvalue weighted by Gasteiger charge is 2.26. The first-order valence-corrected chi connectivity index (χ1v) is 9.59. The average molecular weight is 377 g/mol. The molecule has 0 unspecified atom stereocenters. The molecule has 28 heavy (non-hydrogen) atoms. The molecule has 0 saturated carbocycles. The number of imidazole rings is 1. The molecule has 0 aliphatic carbocycles. The summed E-state index contributed by atoms with van der Waals surface area (Å²) in [6.45, 7) is 5.04. The number of ether oxygens (including phenoxy) is 1. The Morgan fingerprint density at radius 1 is 1.07 bits per heavy atom. The van der Waals surface area contributed by atoms with Crippen molar-refractivity contribution in [3.63, 3.8) is 0 Å². The van der Waals surface area contributed by atoms with Gasteiger partial charge in [0.1, 0.15) is 5.82 Å². The fourth-order valence-electron chi connectivity index (χ4n) is 3.70. The van der Waals surface area contributed by atoms with Crippen molar-refractivity contribution in [3.05, 3.63) is 59.9 Å². The van der Waals surface area contributed by atoms with Crippen LogP contribution in [0.5, 0.6) is 0 Å². The zero-order chi connectivity index (χ0) is 19.7. The number of hydrogen-bond donors (Lipinski definition) is 0. The minimum atomic E-state index is -0.787. The standard InChI is InChI=1S/C22H23N3O3/c1-15(21(26)24-12-6-7-13-24)28-22(27)17-10-11-20-19(14-17)23-16(2)25(20)18-8-4-3-5-9-18/h3-5,8-11,14-15H,6-7,12-13H2,1-2H3/t15-/m1/s1. The Kier molecular flexibility index (Phi) is 4.86. The molecule has 1 aliphatic heterocycles. The van der Waals surface area contributed by atoms with Gasteiger partial charge in [-0.1, -0.05) is 18.2 Å². The Morgan fingerprint density at radius 3 is 2.50 bits per heavy atom. The largest absolute Gasteiger partial charge is 0.449 e. The summed E-state index contributed by atoms with van der Waals surface area (Å²) in [5, 5.41) is 0. The summed E-state index contributed by atoms with van der Waals surface area (Å²) in [5.41, 5.74) is 3.05. The number of fused-ring (bicyclic) bond motifs is 1. The lowest BCUT2D eigenvalue weighted by Gasteiger charge is -2.20. The van der Waals surface area contributed by atoms with Crippen molar-refractivity contribution in [2.24, 2.45) is 0 Å². The number of aromatic nitrogens is 2. The van der Waals surface area contributed by atoms with Gasteiger partial charge in [0.2, 0.25) is 0 Å². The topological polar surface area (TPSA) is 64.4 Å². The molecule has 1 aromatic heterocycles. The van der Waals surface area contributed by atoms with Crippen LogP contribution in [-0.2, 0) is 9.53 Å². The lowest BCUT2D eigenvalue weighted by molar-refractivity contribution is -0.138. The second kappa shape index (κ2) is 7.46. The molecule has 1 amide bonds. The molecule has 0 spiro atoms. The van der Waals surface area contributed by atoms with E-state index >= 15 is 0 Å². The smallest absolute Gasteiger partial charge is 0.338 e. The van der Waals surface area contributed by atoms with E-state index in [9.17, 15) is 9.59 Å². The molecule has 6 heteroatoms. The fraction of sp³-hybridized carbons (Fsp3) is 0.318. The predicted molar refractivity (Wildman–Crippen MR) is 106 cm³/mol. The minimum absolute atomic E-state index is 0.129. The van der Waals surface area contributed by atoms with Crippen molar-refractivity contribution in [1.82, 2.24) is 14.5 Å². The zero-order valence-corrected chi connectivity index (χ0v) is 16.1. The molecule has 0 radical (unpaired) electrons. The number of carbonyl (C=O) groups is 2. The van der Waals surface area contributed by atoms with Crippen LogP contribution in [0.3, 0.4) is 0 Å². The Morgan fingerprint density at radius 2 is 1.79 bits per heavy atom. The molecule has 4 rings (SSSR count). The molecule has 6 nitrogen and oxygen atoms in total. The summed E-state index contributed by atoms with van der Waals surface area (Å²) in [6, 6.07) is 15.3. The highest BCUT2D eigenvalue weighted by molar-refractivity contribution is 5.95. The molecule has 0 bridgehead atoms. The van der Waals surface area contributed by atoms with Gasteiger partial charge < -0.3 is 9.64 Å². The van der Waals surface area contributed by atoms with Gasteiger partial charge in [-0.05, 0) is 57.0 Å². The maximum atomic E-state index is 12.6. The number of rotatable bonds is 4. The molecule has 1 fully saturated rings. The summed E-state index contributed by atoms with van der Waals surface area (Å²) in [5.74, 6) is 0.203. The van der Waals surface area contributed by atoms with Gasteiger partial charge in [-0.2, -0.15) is 0 Å². The monoisotopic (exact) mass is 377 g/mol. The number of likely N-dealkylation sites (tertiary alicyclic amines) is 1. The maximum absolute atomic E-state index is 12.6. The van der Waals surface area contributed by atoms with Crippen LogP contribution in [0.2, 0.25) is 0 Å². The third-order valence-corrected chi connectivity index (χ3v) is 5.12. The van der Waals surface area contributed by atoms with Crippen molar-refractivity contribution in [2.45, 2.75) is 32.8 Å². The van der Waals surface area contributed by atoms with E-state index in [1.54, 1.807) is 24.0 Å². The number of benzene rings is 2. The number of carbonyl (C=O) groups excluding carboxylic acids is 2. The lowest BCUT2D eigenvalue weighted by Crippen LogP contribution is -2.38. The van der Waals surface area contributed by atoms with Crippen LogP contribution >= 0.6 is 0 Å². The third-order valence-electron chi connectivity index (χ3n) is 5.12. The van der Waals surface area contributed by atoms with Crippen LogP contribution in [0.15, 0.2) is 48.5 Å². The van der Waals surface area contributed by atoms with E-state index in [-0.39, 0.29) is 5.91 Å². The van der Waals surface area contributed by atoms with Crippen LogP contribution in [0, 0.1) is 6.92 Å². The maximum Gasteiger partial charge on any atom is 0.338 e. The van der Waals surface area contributed by atoms with E-state index in [4.69, 9.17) is 4.74 Å². The summed E-state index contributed by atoms with van der Waals surface area (Å²) in [4.78, 5) is 31.3. The molecule has 1 saturated heterocycles. The van der Waals surface area contributed by atoms with Crippen molar-refractivity contribution < 1.29 is 14.3 Å². The zero-order valence-electron chi connectivity index (χ0n) is 16.1. The predicted octanol–water partition coefficient (Wildman–Crippen LogP) is 3.50. The molecule has 1 aliphatic rings. The Balaban J connectivity index is 1.56. The highest BCUT2D eigenvalue weighted by Crippen LogP contribution is 2.23. The van der Waals surface area contributed by atoms with Gasteiger partial charge in [0, 0.05) is 18.8 Å². The van der Waals surface area contributed by atoms with E-state index in [1.807, 2.05) is 47.9 Å². The normalized spacial score (nSPS) is 15.0. The first kappa shape index (κ1) is 18.2. The van der Waals surface area contributed by atoms with Gasteiger partial charge in [-0.3, -0.25) is 9.36 Å². The van der Waals surface area contributed by atoms with Crippen LogP contribution in [0.25, 0.3) is 16.7 Å². The van der Waals surface area contributed by atoms with Crippen LogP contribution in [0.1, 0.15) is 35.9 Å². The van der Waals surface area contributed by atoms with Gasteiger partial charge in [0.15, 0.2) is 6.10 Å². The first-order valence-electron chi connectivity index (χ1n) is 9.59. The van der Waals surface area contributed by atoms with Crippen LogP contribution in [0.4, 0.5) is 0 Å². The van der Waals surface area contributed by atoms with Gasteiger partial charge in [-0.25, -0.2) is 9.78 Å². The molecule has 2 heterocycles. The van der Waals surface area contributed by atoms with Gasteiger partial charge in [0.05, 0.1) is 16.6 Å². The van der Waals surface area contributed by atoms with E-state index in [0.29, 0.717) is 11.1 Å². The highest BCUT2D eigenvalue weighted by atomic mass is 16.5. The molecular weight excluding hydrogens is 354 g/mol. The summed E-state index contributed by atoms with van der Waals surface area (Å²) < 4.78 is 7.46. The van der Waals surface area contributed by atoms with Crippen molar-refractivity contribution in [2.75, 3.05) is 13.1 Å². The van der Waals surface area contributed by atoms with Crippen molar-refractivity contribution in [1.29, 1.82) is 0 Å². The summed E-state index contributed by atoms with van der Waals surface area (Å²) >= 11 is 0. The van der Waals surface area contributed by atoms with E-state index < -0.39 is 12.1 Å². The molecule has 3 aromatic rings. The first-order chi connectivity index (χ1) is 13.5. The second-order valence-electron chi connectivity index (χ2n) is 7.11. The lowest BCUT2D eigenvalue weighted by atomic mass is 10.2. The van der Waals surface area contributed by atoms with Gasteiger partial charge >= 0.3 is 5.97 Å². The summed E-state index contributed by atoms with van der Waals surface area (Å²) in [6.07, 6.45) is 1.23. The Bertz CT molecular complexity index is 1020. The summed E-state index contributed by atoms with van der Waals surface area (Å²) in [7, 11) is 0. The molecule has 1 atom stereocenters. The van der Waals surface area contributed by atoms with E-state index in [1.165, 1.54) is 0 Å². The van der Waals surface area contributed by atoms with Crippen LogP contribution in [-0.4, -0.2) is 45.5 Å². The Hall–Kier alpha value is -3.15. The number of nitrogens with zero attached hydrogens (tertiary/aromatic N) is 3. The molecule has 2 aromatic carbocycles. The number of esters is 1. The number of para-hydroxylation sites is 1. The van der Waals surface area contributed by atoms with E-state index in [0.717, 1.165) is 43.0 Å². The second-order valence-corrected chi connectivity index (χ2v) is 7.11. The average Bonchev–Trinajstić information content (AvgIpc) is 3.34. The molecule has 144 valence electrons. The number of aryl methyl sites for hydroxylation is 1. The molecule has 0 N–H and O–H groups in total. The number of amides is 1. The van der Waals surface area contributed by atoms with Crippen LogP contribution < -0.4 is 0 Å². The van der Waals surface area contributed by atoms with Gasteiger partial charge in [-0.15, -0.1) is 0 Å². The molecular formula is C22H23N3O3. The SMILES string of the molecule is Cc1nc2cc(C(=O)O[C@H](C)C(=O)N3CCCC3)ccc2n1-c1ccccc1. The number of hydrogen-bond acceptors (Lipinski definition) is 4. The quantitative estimate of drug-likeness (QED) is 0.653. The van der Waals surface area contributed by atoms with Crippen molar-refractivity contribution in [3.8, 4) is 5.69 Å².